The van der Waals surface area contributed by atoms with Gasteiger partial charge in [0.2, 0.25) is 0 Å². The van der Waals surface area contributed by atoms with E-state index in [1.165, 1.54) is 11.3 Å². The minimum Gasteiger partial charge on any atom is -0.372 e. The van der Waals surface area contributed by atoms with E-state index in [-0.39, 0.29) is 12.0 Å². The van der Waals surface area contributed by atoms with Crippen LogP contribution in [0, 0.1) is 5.92 Å². The fourth-order valence-corrected chi connectivity index (χ4v) is 3.45. The molecule has 0 aromatic carbocycles. The molecule has 3 heterocycles. The number of amides is 1. The molecule has 118 valence electrons. The van der Waals surface area contributed by atoms with Crippen molar-refractivity contribution in [1.82, 2.24) is 15.2 Å². The number of aromatic nitrogens is 3. The quantitative estimate of drug-likeness (QED) is 0.887. The van der Waals surface area contributed by atoms with E-state index in [9.17, 15) is 4.79 Å². The fourth-order valence-electron chi connectivity index (χ4n) is 2.43. The Balaban J connectivity index is 1.62. The van der Waals surface area contributed by atoms with Crippen molar-refractivity contribution in [3.05, 3.63) is 27.8 Å². The fraction of sp³-hybridized carbons (Fsp3) is 0.533. The van der Waals surface area contributed by atoms with E-state index in [0.717, 1.165) is 36.6 Å². The third-order valence-corrected chi connectivity index (χ3v) is 4.49. The Labute approximate surface area is 133 Å². The van der Waals surface area contributed by atoms with Crippen molar-refractivity contribution in [2.45, 2.75) is 39.2 Å². The number of thiazole rings is 1. The highest BCUT2D eigenvalue weighted by Gasteiger charge is 2.20. The molecule has 0 bridgehead atoms. The highest BCUT2D eigenvalue weighted by molar-refractivity contribution is 7.13. The highest BCUT2D eigenvalue weighted by atomic mass is 32.1. The standard InChI is InChI=1S/C15H20N4O2S/c1-9(2)6-14-16-8-12(22-14)15(20)17-13-7-10(18-19-13)11-4-3-5-21-11/h7-9,11H,3-6H2,1-2H3,(H2,17,18,19,20). The summed E-state index contributed by atoms with van der Waals surface area (Å²) in [5.74, 6) is 0.884. The Morgan fingerprint density at radius 3 is 3.18 bits per heavy atom. The minimum absolute atomic E-state index is 0.0687. The number of anilines is 1. The van der Waals surface area contributed by atoms with E-state index in [2.05, 4.69) is 34.3 Å². The molecule has 7 heteroatoms. The van der Waals surface area contributed by atoms with Crippen LogP contribution in [0.4, 0.5) is 5.82 Å². The first-order chi connectivity index (χ1) is 10.6. The van der Waals surface area contributed by atoms with Crippen LogP contribution in [0.3, 0.4) is 0 Å². The van der Waals surface area contributed by atoms with Crippen molar-refractivity contribution in [1.29, 1.82) is 0 Å². The third-order valence-electron chi connectivity index (χ3n) is 3.48. The smallest absolute Gasteiger partial charge is 0.268 e. The molecule has 1 saturated heterocycles. The second kappa shape index (κ2) is 6.58. The molecule has 0 aliphatic carbocycles. The Morgan fingerprint density at radius 2 is 2.45 bits per heavy atom. The summed E-state index contributed by atoms with van der Waals surface area (Å²) >= 11 is 1.43. The van der Waals surface area contributed by atoms with Crippen molar-refractivity contribution in [2.24, 2.45) is 5.92 Å². The molecule has 1 unspecified atom stereocenters. The van der Waals surface area contributed by atoms with Gasteiger partial charge in [-0.3, -0.25) is 9.89 Å². The predicted molar refractivity (Wildman–Crippen MR) is 85.1 cm³/mol. The van der Waals surface area contributed by atoms with Gasteiger partial charge in [-0.25, -0.2) is 4.98 Å². The Kier molecular flexibility index (Phi) is 4.54. The minimum atomic E-state index is -0.169. The number of aromatic amines is 1. The van der Waals surface area contributed by atoms with E-state index in [1.54, 1.807) is 6.20 Å². The first-order valence-corrected chi connectivity index (χ1v) is 8.36. The molecule has 1 amide bonds. The molecule has 0 spiro atoms. The molecule has 0 radical (unpaired) electrons. The van der Waals surface area contributed by atoms with Crippen molar-refractivity contribution in [2.75, 3.05) is 11.9 Å². The zero-order chi connectivity index (χ0) is 15.5. The molecule has 2 aromatic rings. The van der Waals surface area contributed by atoms with Gasteiger partial charge in [-0.05, 0) is 18.8 Å². The lowest BCUT2D eigenvalue weighted by Gasteiger charge is -2.04. The molecule has 6 nitrogen and oxygen atoms in total. The molecule has 1 fully saturated rings. The number of nitrogens with one attached hydrogen (secondary N) is 2. The van der Waals surface area contributed by atoms with E-state index in [4.69, 9.17) is 4.74 Å². The van der Waals surface area contributed by atoms with Gasteiger partial charge in [0, 0.05) is 19.1 Å². The molecule has 2 aromatic heterocycles. The van der Waals surface area contributed by atoms with Crippen LogP contribution < -0.4 is 5.32 Å². The second-order valence-corrected chi connectivity index (χ2v) is 7.00. The van der Waals surface area contributed by atoms with Crippen LogP contribution in [0.15, 0.2) is 12.3 Å². The van der Waals surface area contributed by atoms with Crippen molar-refractivity contribution >= 4 is 23.1 Å². The van der Waals surface area contributed by atoms with Gasteiger partial charge in [0.1, 0.15) is 4.88 Å². The summed E-state index contributed by atoms with van der Waals surface area (Å²) in [4.78, 5) is 17.1. The maximum atomic E-state index is 12.2. The molecule has 0 saturated carbocycles. The monoisotopic (exact) mass is 320 g/mol. The lowest BCUT2D eigenvalue weighted by atomic mass is 10.1. The summed E-state index contributed by atoms with van der Waals surface area (Å²) in [7, 11) is 0. The van der Waals surface area contributed by atoms with Crippen LogP contribution in [0.2, 0.25) is 0 Å². The molecule has 1 aliphatic heterocycles. The van der Waals surface area contributed by atoms with E-state index in [0.29, 0.717) is 16.6 Å². The van der Waals surface area contributed by atoms with Gasteiger partial charge in [0.25, 0.3) is 5.91 Å². The van der Waals surface area contributed by atoms with Gasteiger partial charge in [0.05, 0.1) is 23.0 Å². The molecule has 1 aliphatic rings. The van der Waals surface area contributed by atoms with Gasteiger partial charge in [-0.1, -0.05) is 13.8 Å². The van der Waals surface area contributed by atoms with Crippen LogP contribution in [-0.4, -0.2) is 27.7 Å². The van der Waals surface area contributed by atoms with Gasteiger partial charge in [-0.2, -0.15) is 5.10 Å². The molecular weight excluding hydrogens is 300 g/mol. The summed E-state index contributed by atoms with van der Waals surface area (Å²) < 4.78 is 5.59. The first kappa shape index (κ1) is 15.2. The molecule has 2 N–H and O–H groups in total. The highest BCUT2D eigenvalue weighted by Crippen LogP contribution is 2.28. The number of H-pyrrole nitrogens is 1. The second-order valence-electron chi connectivity index (χ2n) is 5.88. The summed E-state index contributed by atoms with van der Waals surface area (Å²) in [6.07, 6.45) is 4.64. The number of hydrogen-bond acceptors (Lipinski definition) is 5. The number of ether oxygens (including phenoxy) is 1. The van der Waals surface area contributed by atoms with E-state index >= 15 is 0 Å². The lowest BCUT2D eigenvalue weighted by molar-refractivity contribution is 0.102. The van der Waals surface area contributed by atoms with Gasteiger partial charge >= 0.3 is 0 Å². The Bertz CT molecular complexity index is 644. The van der Waals surface area contributed by atoms with Gasteiger partial charge in [-0.15, -0.1) is 11.3 Å². The molecule has 1 atom stereocenters. The topological polar surface area (TPSA) is 79.9 Å². The molecule has 3 rings (SSSR count). The largest absolute Gasteiger partial charge is 0.372 e. The maximum Gasteiger partial charge on any atom is 0.268 e. The van der Waals surface area contributed by atoms with Gasteiger partial charge < -0.3 is 10.1 Å². The predicted octanol–water partition coefficient (Wildman–Crippen LogP) is 3.17. The zero-order valence-electron chi connectivity index (χ0n) is 12.8. The third kappa shape index (κ3) is 3.53. The number of hydrogen-bond donors (Lipinski definition) is 2. The Morgan fingerprint density at radius 1 is 1.59 bits per heavy atom. The summed E-state index contributed by atoms with van der Waals surface area (Å²) in [6, 6.07) is 1.84. The van der Waals surface area contributed by atoms with Crippen LogP contribution in [0.1, 0.15) is 53.2 Å². The number of rotatable bonds is 5. The van der Waals surface area contributed by atoms with E-state index < -0.39 is 0 Å². The normalized spacial score (nSPS) is 18.0. The van der Waals surface area contributed by atoms with Crippen molar-refractivity contribution in [3.63, 3.8) is 0 Å². The first-order valence-electron chi connectivity index (χ1n) is 7.55. The SMILES string of the molecule is CC(C)Cc1ncc(C(=O)Nc2cc(C3CCCO3)[nH]n2)s1. The maximum absolute atomic E-state index is 12.2. The zero-order valence-corrected chi connectivity index (χ0v) is 13.6. The average molecular weight is 320 g/mol. The van der Waals surface area contributed by atoms with Crippen LogP contribution >= 0.6 is 11.3 Å². The van der Waals surface area contributed by atoms with Crippen LogP contribution in [0.25, 0.3) is 0 Å². The van der Waals surface area contributed by atoms with Crippen molar-refractivity contribution < 1.29 is 9.53 Å². The van der Waals surface area contributed by atoms with Gasteiger partial charge in [0.15, 0.2) is 5.82 Å². The molecule has 22 heavy (non-hydrogen) atoms. The molecular formula is C15H20N4O2S. The number of carbonyl (C=O) groups is 1. The average Bonchev–Trinajstić information content (AvgIpc) is 3.18. The lowest BCUT2D eigenvalue weighted by Crippen LogP contribution is -2.10. The number of nitrogens with zero attached hydrogens (tertiary/aromatic N) is 2. The summed E-state index contributed by atoms with van der Waals surface area (Å²) in [6.45, 7) is 5.06. The van der Waals surface area contributed by atoms with Crippen LogP contribution in [0.5, 0.6) is 0 Å². The van der Waals surface area contributed by atoms with Crippen molar-refractivity contribution in [3.8, 4) is 0 Å². The Hall–Kier alpha value is -1.73. The summed E-state index contributed by atoms with van der Waals surface area (Å²) in [5, 5.41) is 10.9. The van der Waals surface area contributed by atoms with E-state index in [1.807, 2.05) is 6.07 Å². The summed E-state index contributed by atoms with van der Waals surface area (Å²) in [5.41, 5.74) is 0.914. The van der Waals surface area contributed by atoms with Crippen LogP contribution in [-0.2, 0) is 11.2 Å². The number of carbonyl (C=O) groups excluding carboxylic acids is 1.